The molecule has 0 saturated heterocycles. The molecule has 3 rings (SSSR count). The van der Waals surface area contributed by atoms with Crippen molar-refractivity contribution in [1.29, 1.82) is 0 Å². The van der Waals surface area contributed by atoms with Crippen LogP contribution < -0.4 is 0 Å². The highest BCUT2D eigenvalue weighted by molar-refractivity contribution is 7.93. The summed E-state index contributed by atoms with van der Waals surface area (Å²) in [6, 6.07) is 22.5. The minimum atomic E-state index is -3.45. The minimum Gasteiger partial charge on any atom is -0.222 e. The van der Waals surface area contributed by atoms with Gasteiger partial charge in [0.1, 0.15) is 9.46 Å². The van der Waals surface area contributed by atoms with Gasteiger partial charge in [0.15, 0.2) is 9.84 Å². The SMILES string of the molecule is O=S(=O)(c1cccs1)C(/C=C/c1ccccc1)c1ccccc1. The molecule has 0 amide bonds. The van der Waals surface area contributed by atoms with Crippen LogP contribution in [0.5, 0.6) is 0 Å². The molecule has 1 atom stereocenters. The van der Waals surface area contributed by atoms with Gasteiger partial charge in [-0.05, 0) is 22.6 Å². The standard InChI is InChI=1S/C19H16O2S2/c20-23(21,19-12-7-15-22-19)18(17-10-5-2-6-11-17)14-13-16-8-3-1-4-9-16/h1-15,18H/b14-13+. The van der Waals surface area contributed by atoms with Crippen molar-refractivity contribution in [2.24, 2.45) is 0 Å². The maximum absolute atomic E-state index is 13.0. The number of hydrogen-bond donors (Lipinski definition) is 0. The Morgan fingerprint density at radius 3 is 2.09 bits per heavy atom. The van der Waals surface area contributed by atoms with E-state index in [2.05, 4.69) is 0 Å². The van der Waals surface area contributed by atoms with Crippen LogP contribution in [0.25, 0.3) is 6.08 Å². The van der Waals surface area contributed by atoms with E-state index in [1.54, 1.807) is 23.6 Å². The molecule has 1 heterocycles. The maximum atomic E-state index is 13.0. The smallest absolute Gasteiger partial charge is 0.198 e. The fourth-order valence-corrected chi connectivity index (χ4v) is 5.13. The molecule has 0 aliphatic carbocycles. The first-order valence-electron chi connectivity index (χ1n) is 7.23. The Morgan fingerprint density at radius 1 is 0.826 bits per heavy atom. The van der Waals surface area contributed by atoms with E-state index < -0.39 is 15.1 Å². The zero-order valence-electron chi connectivity index (χ0n) is 12.4. The Kier molecular flexibility index (Phi) is 4.74. The first-order chi connectivity index (χ1) is 11.2. The summed E-state index contributed by atoms with van der Waals surface area (Å²) in [4.78, 5) is 0. The molecule has 2 aromatic carbocycles. The van der Waals surface area contributed by atoms with Crippen LogP contribution in [0.3, 0.4) is 0 Å². The number of sulfone groups is 1. The number of benzene rings is 2. The Labute approximate surface area is 140 Å². The van der Waals surface area contributed by atoms with Crippen LogP contribution in [-0.4, -0.2) is 8.42 Å². The molecule has 4 heteroatoms. The minimum absolute atomic E-state index is 0.393. The zero-order valence-corrected chi connectivity index (χ0v) is 14.0. The summed E-state index contributed by atoms with van der Waals surface area (Å²) in [5.74, 6) is 0. The average molecular weight is 340 g/mol. The number of rotatable bonds is 5. The van der Waals surface area contributed by atoms with Gasteiger partial charge in [0.05, 0.1) is 0 Å². The van der Waals surface area contributed by atoms with Crippen LogP contribution in [-0.2, 0) is 9.84 Å². The number of hydrogen-bond acceptors (Lipinski definition) is 3. The largest absolute Gasteiger partial charge is 0.222 e. The number of thiophene rings is 1. The summed E-state index contributed by atoms with van der Waals surface area (Å²) in [5, 5.41) is 1.10. The van der Waals surface area contributed by atoms with Gasteiger partial charge < -0.3 is 0 Å². The van der Waals surface area contributed by atoms with Crippen LogP contribution in [0.2, 0.25) is 0 Å². The van der Waals surface area contributed by atoms with Crippen molar-refractivity contribution in [3.8, 4) is 0 Å². The van der Waals surface area contributed by atoms with E-state index in [1.807, 2.05) is 66.7 Å². The molecule has 0 N–H and O–H groups in total. The fourth-order valence-electron chi connectivity index (χ4n) is 2.35. The highest BCUT2D eigenvalue weighted by atomic mass is 32.2. The van der Waals surface area contributed by atoms with E-state index in [1.165, 1.54) is 11.3 Å². The lowest BCUT2D eigenvalue weighted by Crippen LogP contribution is -2.10. The molecule has 2 nitrogen and oxygen atoms in total. The molecule has 116 valence electrons. The van der Waals surface area contributed by atoms with E-state index >= 15 is 0 Å². The third kappa shape index (κ3) is 3.60. The molecule has 0 fully saturated rings. The van der Waals surface area contributed by atoms with Crippen molar-refractivity contribution < 1.29 is 8.42 Å². The molecule has 0 aliphatic rings. The van der Waals surface area contributed by atoms with Crippen molar-refractivity contribution in [2.75, 3.05) is 0 Å². The zero-order chi connectivity index (χ0) is 16.1. The topological polar surface area (TPSA) is 34.1 Å². The summed E-state index contributed by atoms with van der Waals surface area (Å²) in [6.45, 7) is 0. The lowest BCUT2D eigenvalue weighted by molar-refractivity contribution is 0.592. The third-order valence-corrected chi connectivity index (χ3v) is 6.94. The van der Waals surface area contributed by atoms with Crippen LogP contribution in [0, 0.1) is 0 Å². The van der Waals surface area contributed by atoms with Crippen molar-refractivity contribution in [2.45, 2.75) is 9.46 Å². The fraction of sp³-hybridized carbons (Fsp3) is 0.0526. The molecule has 0 saturated carbocycles. The van der Waals surface area contributed by atoms with Crippen LogP contribution >= 0.6 is 11.3 Å². The van der Waals surface area contributed by atoms with E-state index in [9.17, 15) is 8.42 Å². The molecule has 0 aliphatic heterocycles. The van der Waals surface area contributed by atoms with Gasteiger partial charge in [-0.15, -0.1) is 11.3 Å². The van der Waals surface area contributed by atoms with Gasteiger partial charge in [-0.2, -0.15) is 0 Å². The predicted octanol–water partition coefficient (Wildman–Crippen LogP) is 4.98. The highest BCUT2D eigenvalue weighted by Gasteiger charge is 2.27. The molecule has 0 bridgehead atoms. The molecular weight excluding hydrogens is 324 g/mol. The second kappa shape index (κ2) is 6.94. The molecule has 23 heavy (non-hydrogen) atoms. The lowest BCUT2D eigenvalue weighted by Gasteiger charge is -2.13. The van der Waals surface area contributed by atoms with Crippen molar-refractivity contribution in [3.63, 3.8) is 0 Å². The highest BCUT2D eigenvalue weighted by Crippen LogP contribution is 2.33. The van der Waals surface area contributed by atoms with Gasteiger partial charge in [0, 0.05) is 0 Å². The van der Waals surface area contributed by atoms with Crippen molar-refractivity contribution >= 4 is 27.3 Å². The van der Waals surface area contributed by atoms with Gasteiger partial charge in [0.25, 0.3) is 0 Å². The Balaban J connectivity index is 2.03. The molecule has 1 aromatic heterocycles. The molecule has 3 aromatic rings. The van der Waals surface area contributed by atoms with E-state index in [0.717, 1.165) is 11.1 Å². The van der Waals surface area contributed by atoms with E-state index in [-0.39, 0.29) is 0 Å². The molecule has 1 unspecified atom stereocenters. The third-order valence-electron chi connectivity index (χ3n) is 3.50. The first kappa shape index (κ1) is 15.7. The second-order valence-electron chi connectivity index (χ2n) is 5.08. The van der Waals surface area contributed by atoms with Gasteiger partial charge >= 0.3 is 0 Å². The van der Waals surface area contributed by atoms with Crippen LogP contribution in [0.1, 0.15) is 16.4 Å². The normalized spacial score (nSPS) is 13.2. The van der Waals surface area contributed by atoms with Gasteiger partial charge in [-0.25, -0.2) is 8.42 Å². The van der Waals surface area contributed by atoms with Gasteiger partial charge in [-0.3, -0.25) is 0 Å². The monoisotopic (exact) mass is 340 g/mol. The second-order valence-corrected chi connectivity index (χ2v) is 8.32. The van der Waals surface area contributed by atoms with Crippen LogP contribution in [0.15, 0.2) is 88.5 Å². The molecule has 0 radical (unpaired) electrons. The first-order valence-corrected chi connectivity index (χ1v) is 9.66. The van der Waals surface area contributed by atoms with E-state index in [4.69, 9.17) is 0 Å². The van der Waals surface area contributed by atoms with Crippen molar-refractivity contribution in [1.82, 2.24) is 0 Å². The predicted molar refractivity (Wildman–Crippen MR) is 96.2 cm³/mol. The Bertz CT molecular complexity index is 866. The Hall–Kier alpha value is -2.17. The van der Waals surface area contributed by atoms with E-state index in [0.29, 0.717) is 4.21 Å². The quantitative estimate of drug-likeness (QED) is 0.656. The average Bonchev–Trinajstić information content (AvgIpc) is 3.12. The summed E-state index contributed by atoms with van der Waals surface area (Å²) in [6.07, 6.45) is 3.63. The van der Waals surface area contributed by atoms with Gasteiger partial charge in [-0.1, -0.05) is 78.9 Å². The molecular formula is C19H16O2S2. The summed E-state index contributed by atoms with van der Waals surface area (Å²) < 4.78 is 26.3. The maximum Gasteiger partial charge on any atom is 0.198 e. The molecule has 0 spiro atoms. The van der Waals surface area contributed by atoms with Crippen molar-refractivity contribution in [3.05, 3.63) is 95.4 Å². The Morgan fingerprint density at radius 2 is 1.48 bits per heavy atom. The van der Waals surface area contributed by atoms with Crippen LogP contribution in [0.4, 0.5) is 0 Å². The van der Waals surface area contributed by atoms with Gasteiger partial charge in [0.2, 0.25) is 0 Å². The summed E-state index contributed by atoms with van der Waals surface area (Å²) in [5.41, 5.74) is 1.75. The summed E-state index contributed by atoms with van der Waals surface area (Å²) >= 11 is 1.25. The summed E-state index contributed by atoms with van der Waals surface area (Å²) in [7, 11) is -3.45. The lowest BCUT2D eigenvalue weighted by atomic mass is 10.1.